The van der Waals surface area contributed by atoms with Gasteiger partial charge < -0.3 is 0 Å². The molecule has 0 fully saturated rings. The van der Waals surface area contributed by atoms with Gasteiger partial charge in [0, 0.05) is 0 Å². The summed E-state index contributed by atoms with van der Waals surface area (Å²) in [5.41, 5.74) is 1.99. The Bertz CT molecular complexity index is 408. The summed E-state index contributed by atoms with van der Waals surface area (Å²) in [6.45, 7) is 2.08. The van der Waals surface area contributed by atoms with Crippen molar-refractivity contribution in [3.8, 4) is 0 Å². The van der Waals surface area contributed by atoms with Gasteiger partial charge in [0.2, 0.25) is 0 Å². The van der Waals surface area contributed by atoms with E-state index in [4.69, 9.17) is 11.6 Å². The molecule has 0 saturated carbocycles. The van der Waals surface area contributed by atoms with Crippen LogP contribution in [0.4, 0.5) is 0 Å². The summed E-state index contributed by atoms with van der Waals surface area (Å²) in [5, 5.41) is 4.58. The normalized spacial score (nSPS) is 10.8. The molecule has 0 unspecified atom stereocenters. The molecular weight excluding hydrogens is 174 g/mol. The van der Waals surface area contributed by atoms with Gasteiger partial charge in [-0.25, -0.2) is 9.50 Å². The van der Waals surface area contributed by atoms with Gasteiger partial charge >= 0.3 is 0 Å². The zero-order valence-electron chi connectivity index (χ0n) is 6.66. The quantitative estimate of drug-likeness (QED) is 0.630. The first-order valence-corrected chi connectivity index (χ1v) is 4.17. The SMILES string of the molecule is CCc1cc(Cl)n2ncnc2c1. The molecule has 0 aliphatic heterocycles. The maximum absolute atomic E-state index is 5.94. The van der Waals surface area contributed by atoms with E-state index < -0.39 is 0 Å². The third-order valence-electron chi connectivity index (χ3n) is 1.80. The molecule has 3 nitrogen and oxygen atoms in total. The van der Waals surface area contributed by atoms with Crippen molar-refractivity contribution in [1.29, 1.82) is 0 Å². The average Bonchev–Trinajstić information content (AvgIpc) is 2.52. The molecule has 0 spiro atoms. The van der Waals surface area contributed by atoms with Crippen LogP contribution in [0.3, 0.4) is 0 Å². The number of hydrogen-bond acceptors (Lipinski definition) is 2. The molecule has 0 atom stereocenters. The largest absolute Gasteiger partial charge is 0.215 e. The minimum Gasteiger partial charge on any atom is -0.215 e. The Kier molecular flexibility index (Phi) is 1.73. The monoisotopic (exact) mass is 181 g/mol. The molecule has 0 N–H and O–H groups in total. The van der Waals surface area contributed by atoms with E-state index in [0.29, 0.717) is 5.15 Å². The molecule has 2 aromatic rings. The lowest BCUT2D eigenvalue weighted by atomic mass is 10.2. The number of aromatic nitrogens is 3. The molecular formula is C8H8ClN3. The van der Waals surface area contributed by atoms with Crippen LogP contribution in [0.25, 0.3) is 5.65 Å². The van der Waals surface area contributed by atoms with Crippen LogP contribution < -0.4 is 0 Å². The van der Waals surface area contributed by atoms with E-state index in [1.54, 1.807) is 4.52 Å². The lowest BCUT2D eigenvalue weighted by Crippen LogP contribution is -1.91. The predicted molar refractivity (Wildman–Crippen MR) is 47.4 cm³/mol. The zero-order chi connectivity index (χ0) is 8.55. The van der Waals surface area contributed by atoms with Crippen molar-refractivity contribution in [2.75, 3.05) is 0 Å². The second kappa shape index (κ2) is 2.75. The highest BCUT2D eigenvalue weighted by Gasteiger charge is 2.01. The molecule has 0 aliphatic rings. The predicted octanol–water partition coefficient (Wildman–Crippen LogP) is 1.95. The topological polar surface area (TPSA) is 30.2 Å². The number of pyridine rings is 1. The van der Waals surface area contributed by atoms with Crippen LogP contribution in [-0.4, -0.2) is 14.6 Å². The van der Waals surface area contributed by atoms with Gasteiger partial charge in [-0.2, -0.15) is 5.10 Å². The van der Waals surface area contributed by atoms with Crippen molar-refractivity contribution < 1.29 is 0 Å². The highest BCUT2D eigenvalue weighted by Crippen LogP contribution is 2.13. The van der Waals surface area contributed by atoms with Crippen molar-refractivity contribution >= 4 is 17.2 Å². The first kappa shape index (κ1) is 7.55. The van der Waals surface area contributed by atoms with E-state index in [1.165, 1.54) is 11.9 Å². The molecule has 0 aromatic carbocycles. The van der Waals surface area contributed by atoms with E-state index in [0.717, 1.165) is 12.1 Å². The molecule has 0 aliphatic carbocycles. The van der Waals surface area contributed by atoms with Gasteiger partial charge in [-0.3, -0.25) is 0 Å². The number of nitrogens with zero attached hydrogens (tertiary/aromatic N) is 3. The number of halogens is 1. The van der Waals surface area contributed by atoms with Gasteiger partial charge in [0.15, 0.2) is 5.65 Å². The Labute approximate surface area is 75.0 Å². The van der Waals surface area contributed by atoms with Crippen LogP contribution in [0.5, 0.6) is 0 Å². The molecule has 12 heavy (non-hydrogen) atoms. The summed E-state index contributed by atoms with van der Waals surface area (Å²) in [4.78, 5) is 4.06. The molecule has 0 saturated heterocycles. The van der Waals surface area contributed by atoms with Crippen molar-refractivity contribution in [2.24, 2.45) is 0 Å². The Hall–Kier alpha value is -1.09. The number of rotatable bonds is 1. The Morgan fingerprint density at radius 2 is 2.33 bits per heavy atom. The lowest BCUT2D eigenvalue weighted by Gasteiger charge is -1.99. The number of hydrogen-bond donors (Lipinski definition) is 0. The van der Waals surface area contributed by atoms with Crippen molar-refractivity contribution in [3.63, 3.8) is 0 Å². The van der Waals surface area contributed by atoms with E-state index in [2.05, 4.69) is 17.0 Å². The first-order valence-electron chi connectivity index (χ1n) is 3.79. The van der Waals surface area contributed by atoms with E-state index in [9.17, 15) is 0 Å². The fourth-order valence-electron chi connectivity index (χ4n) is 1.14. The molecule has 62 valence electrons. The Morgan fingerprint density at radius 1 is 1.50 bits per heavy atom. The Morgan fingerprint density at radius 3 is 3.08 bits per heavy atom. The minimum atomic E-state index is 0.613. The van der Waals surface area contributed by atoms with E-state index >= 15 is 0 Å². The highest BCUT2D eigenvalue weighted by molar-refractivity contribution is 6.29. The first-order chi connectivity index (χ1) is 5.81. The molecule has 2 aromatic heterocycles. The standard InChI is InChI=1S/C8H8ClN3/c1-2-6-3-7(9)12-8(4-6)10-5-11-12/h3-5H,2H2,1H3. The van der Waals surface area contributed by atoms with Crippen LogP contribution in [0, 0.1) is 0 Å². The molecule has 2 rings (SSSR count). The van der Waals surface area contributed by atoms with Gasteiger partial charge in [0.05, 0.1) is 0 Å². The fourth-order valence-corrected chi connectivity index (χ4v) is 1.41. The van der Waals surface area contributed by atoms with Crippen molar-refractivity contribution in [2.45, 2.75) is 13.3 Å². The molecule has 0 radical (unpaired) electrons. The number of aryl methyl sites for hydroxylation is 1. The summed E-state index contributed by atoms with van der Waals surface area (Å²) in [6.07, 6.45) is 2.46. The van der Waals surface area contributed by atoms with Crippen LogP contribution in [-0.2, 0) is 6.42 Å². The summed E-state index contributed by atoms with van der Waals surface area (Å²) in [5.74, 6) is 0. The maximum Gasteiger partial charge on any atom is 0.157 e. The van der Waals surface area contributed by atoms with Gasteiger partial charge in [-0.1, -0.05) is 18.5 Å². The third-order valence-corrected chi connectivity index (χ3v) is 2.07. The summed E-state index contributed by atoms with van der Waals surface area (Å²) >= 11 is 5.94. The molecule has 2 heterocycles. The third kappa shape index (κ3) is 1.06. The van der Waals surface area contributed by atoms with Crippen molar-refractivity contribution in [1.82, 2.24) is 14.6 Å². The van der Waals surface area contributed by atoms with Crippen LogP contribution in [0.15, 0.2) is 18.5 Å². The van der Waals surface area contributed by atoms with Gasteiger partial charge in [-0.05, 0) is 24.1 Å². The fraction of sp³-hybridized carbons (Fsp3) is 0.250. The van der Waals surface area contributed by atoms with E-state index in [1.807, 2.05) is 12.1 Å². The second-order valence-electron chi connectivity index (χ2n) is 2.57. The van der Waals surface area contributed by atoms with E-state index in [-0.39, 0.29) is 0 Å². The van der Waals surface area contributed by atoms with Gasteiger partial charge in [-0.15, -0.1) is 0 Å². The molecule has 0 bridgehead atoms. The maximum atomic E-state index is 5.94. The second-order valence-corrected chi connectivity index (χ2v) is 2.96. The molecule has 4 heteroatoms. The van der Waals surface area contributed by atoms with Crippen LogP contribution in [0.1, 0.15) is 12.5 Å². The molecule has 0 amide bonds. The average molecular weight is 182 g/mol. The smallest absolute Gasteiger partial charge is 0.157 e. The summed E-state index contributed by atoms with van der Waals surface area (Å²) < 4.78 is 1.61. The zero-order valence-corrected chi connectivity index (χ0v) is 7.41. The van der Waals surface area contributed by atoms with Gasteiger partial charge in [0.1, 0.15) is 11.5 Å². The van der Waals surface area contributed by atoms with Crippen LogP contribution >= 0.6 is 11.6 Å². The van der Waals surface area contributed by atoms with Gasteiger partial charge in [0.25, 0.3) is 0 Å². The highest BCUT2D eigenvalue weighted by atomic mass is 35.5. The van der Waals surface area contributed by atoms with Crippen LogP contribution in [0.2, 0.25) is 5.15 Å². The minimum absolute atomic E-state index is 0.613. The number of fused-ring (bicyclic) bond motifs is 1. The van der Waals surface area contributed by atoms with Crippen molar-refractivity contribution in [3.05, 3.63) is 29.2 Å². The lowest BCUT2D eigenvalue weighted by molar-refractivity contribution is 0.952. The summed E-state index contributed by atoms with van der Waals surface area (Å²) in [7, 11) is 0. The Balaban J connectivity index is 2.75. The summed E-state index contributed by atoms with van der Waals surface area (Å²) in [6, 6.07) is 3.89.